The molecule has 142 valence electrons. The Morgan fingerprint density at radius 2 is 2.15 bits per heavy atom. The van der Waals surface area contributed by atoms with Gasteiger partial charge in [0.25, 0.3) is 0 Å². The quantitative estimate of drug-likeness (QED) is 0.833. The van der Waals surface area contributed by atoms with Gasteiger partial charge in [0.1, 0.15) is 12.4 Å². The Kier molecular flexibility index (Phi) is 4.47. The molecule has 0 bridgehead atoms. The molecule has 7 heteroatoms. The van der Waals surface area contributed by atoms with Gasteiger partial charge in [0.2, 0.25) is 11.8 Å². The van der Waals surface area contributed by atoms with Gasteiger partial charge in [0, 0.05) is 37.7 Å². The lowest BCUT2D eigenvalue weighted by Crippen LogP contribution is -2.45. The van der Waals surface area contributed by atoms with Crippen LogP contribution in [0, 0.1) is 0 Å². The number of carbonyl (C=O) groups excluding carboxylic acids is 2. The van der Waals surface area contributed by atoms with E-state index in [-0.39, 0.29) is 12.5 Å². The van der Waals surface area contributed by atoms with Crippen LogP contribution in [-0.2, 0) is 28.1 Å². The Labute approximate surface area is 158 Å². The summed E-state index contributed by atoms with van der Waals surface area (Å²) < 4.78 is 2.18. The number of aromatic nitrogens is 2. The minimum absolute atomic E-state index is 0.0121. The van der Waals surface area contributed by atoms with E-state index in [1.54, 1.807) is 4.90 Å². The molecule has 3 heterocycles. The summed E-state index contributed by atoms with van der Waals surface area (Å²) >= 11 is 0. The van der Waals surface area contributed by atoms with Gasteiger partial charge in [0.15, 0.2) is 0 Å². The number of primary amides is 1. The van der Waals surface area contributed by atoms with E-state index in [1.807, 2.05) is 36.7 Å². The van der Waals surface area contributed by atoms with Crippen LogP contribution in [0.15, 0.2) is 36.7 Å². The smallest absolute Gasteiger partial charge is 0.239 e. The van der Waals surface area contributed by atoms with E-state index in [9.17, 15) is 9.59 Å². The lowest BCUT2D eigenvalue weighted by molar-refractivity contribution is -0.125. The van der Waals surface area contributed by atoms with E-state index in [4.69, 9.17) is 5.73 Å². The topological polar surface area (TPSA) is 84.5 Å². The van der Waals surface area contributed by atoms with Crippen LogP contribution in [0.5, 0.6) is 0 Å². The maximum Gasteiger partial charge on any atom is 0.239 e. The van der Waals surface area contributed by atoms with Crippen molar-refractivity contribution in [2.75, 3.05) is 24.5 Å². The largest absolute Gasteiger partial charge is 0.368 e. The number of nitrogens with zero attached hydrogens (tertiary/aromatic N) is 4. The number of hydrogen-bond donors (Lipinski definition) is 1. The van der Waals surface area contributed by atoms with E-state index in [0.29, 0.717) is 6.54 Å². The molecular formula is C20H25N5O2. The van der Waals surface area contributed by atoms with Crippen LogP contribution in [0.4, 0.5) is 5.69 Å². The predicted molar refractivity (Wildman–Crippen MR) is 102 cm³/mol. The monoisotopic (exact) mass is 367 g/mol. The molecule has 7 nitrogen and oxygen atoms in total. The maximum absolute atomic E-state index is 13.3. The molecule has 2 aliphatic rings. The van der Waals surface area contributed by atoms with E-state index < -0.39 is 11.3 Å². The van der Waals surface area contributed by atoms with Gasteiger partial charge in [-0.2, -0.15) is 0 Å². The van der Waals surface area contributed by atoms with Gasteiger partial charge in [-0.25, -0.2) is 4.98 Å². The van der Waals surface area contributed by atoms with Crippen molar-refractivity contribution < 1.29 is 9.59 Å². The molecule has 0 unspecified atom stereocenters. The summed E-state index contributed by atoms with van der Waals surface area (Å²) in [6.07, 6.45) is 5.64. The highest BCUT2D eigenvalue weighted by atomic mass is 16.2. The van der Waals surface area contributed by atoms with E-state index in [2.05, 4.69) is 21.4 Å². The number of rotatable bonds is 6. The molecular weight excluding hydrogens is 342 g/mol. The number of amides is 2. The standard InChI is InChI=1S/C20H25N5O2/c1-2-9-24-11-8-22-18(24)13-23-10-7-20(14-23)15-5-3-4-6-16(15)25(19(20)27)12-17(21)26/h3-6,8,11H,2,7,9-10,12-14H2,1H3,(H2,21,26)/t20-/m1/s1. The van der Waals surface area contributed by atoms with Crippen molar-refractivity contribution in [3.63, 3.8) is 0 Å². The van der Waals surface area contributed by atoms with Crippen molar-refractivity contribution in [1.29, 1.82) is 0 Å². The number of aryl methyl sites for hydroxylation is 1. The predicted octanol–water partition coefficient (Wildman–Crippen LogP) is 1.27. The summed E-state index contributed by atoms with van der Waals surface area (Å²) in [4.78, 5) is 33.1. The highest BCUT2D eigenvalue weighted by Crippen LogP contribution is 2.47. The minimum Gasteiger partial charge on any atom is -0.368 e. The second-order valence-electron chi connectivity index (χ2n) is 7.45. The van der Waals surface area contributed by atoms with E-state index in [0.717, 1.165) is 49.6 Å². The molecule has 2 aliphatic heterocycles. The van der Waals surface area contributed by atoms with E-state index >= 15 is 0 Å². The van der Waals surface area contributed by atoms with Gasteiger partial charge in [-0.3, -0.25) is 14.5 Å². The van der Waals surface area contributed by atoms with Crippen molar-refractivity contribution in [1.82, 2.24) is 14.5 Å². The number of likely N-dealkylation sites (tertiary alicyclic amines) is 1. The summed E-state index contributed by atoms with van der Waals surface area (Å²) in [5.41, 5.74) is 6.62. The molecule has 1 aromatic heterocycles. The highest BCUT2D eigenvalue weighted by Gasteiger charge is 2.54. The normalized spacial score (nSPS) is 22.0. The van der Waals surface area contributed by atoms with Gasteiger partial charge in [0.05, 0.1) is 12.0 Å². The fourth-order valence-corrected chi connectivity index (χ4v) is 4.46. The van der Waals surface area contributed by atoms with Gasteiger partial charge in [-0.1, -0.05) is 25.1 Å². The molecule has 1 saturated heterocycles. The Morgan fingerprint density at radius 3 is 2.93 bits per heavy atom. The first-order valence-corrected chi connectivity index (χ1v) is 9.47. The molecule has 1 spiro atoms. The zero-order valence-electron chi connectivity index (χ0n) is 15.6. The lowest BCUT2D eigenvalue weighted by Gasteiger charge is -2.24. The number of nitrogens with two attached hydrogens (primary N) is 1. The van der Waals surface area contributed by atoms with Crippen LogP contribution in [0.2, 0.25) is 0 Å². The van der Waals surface area contributed by atoms with Crippen molar-refractivity contribution >= 4 is 17.5 Å². The molecule has 0 radical (unpaired) electrons. The van der Waals surface area contributed by atoms with Crippen molar-refractivity contribution in [3.8, 4) is 0 Å². The molecule has 1 aromatic carbocycles. The highest BCUT2D eigenvalue weighted by molar-refractivity contribution is 6.11. The molecule has 2 aromatic rings. The zero-order chi connectivity index (χ0) is 19.0. The molecule has 2 N–H and O–H groups in total. The summed E-state index contributed by atoms with van der Waals surface area (Å²) in [6, 6.07) is 7.77. The summed E-state index contributed by atoms with van der Waals surface area (Å²) in [5, 5.41) is 0. The average molecular weight is 367 g/mol. The van der Waals surface area contributed by atoms with Crippen LogP contribution in [0.25, 0.3) is 0 Å². The summed E-state index contributed by atoms with van der Waals surface area (Å²) in [6.45, 7) is 5.21. The molecule has 1 fully saturated rings. The van der Waals surface area contributed by atoms with Crippen molar-refractivity contribution in [2.45, 2.75) is 38.3 Å². The van der Waals surface area contributed by atoms with Crippen LogP contribution < -0.4 is 10.6 Å². The summed E-state index contributed by atoms with van der Waals surface area (Å²) in [5.74, 6) is 0.523. The first-order chi connectivity index (χ1) is 13.0. The average Bonchev–Trinajstić information content (AvgIpc) is 3.32. The zero-order valence-corrected chi connectivity index (χ0v) is 15.6. The van der Waals surface area contributed by atoms with Gasteiger partial charge >= 0.3 is 0 Å². The van der Waals surface area contributed by atoms with Gasteiger partial charge in [-0.15, -0.1) is 0 Å². The van der Waals surface area contributed by atoms with E-state index in [1.165, 1.54) is 0 Å². The number of carbonyl (C=O) groups is 2. The number of fused-ring (bicyclic) bond motifs is 2. The number of benzene rings is 1. The third-order valence-corrected chi connectivity index (χ3v) is 5.66. The number of anilines is 1. The fourth-order valence-electron chi connectivity index (χ4n) is 4.46. The Bertz CT molecular complexity index is 877. The third-order valence-electron chi connectivity index (χ3n) is 5.66. The Balaban J connectivity index is 1.60. The SMILES string of the molecule is CCCn1ccnc1CN1CC[C@]2(C1)C(=O)N(CC(N)=O)c1ccccc12. The lowest BCUT2D eigenvalue weighted by atomic mass is 9.81. The molecule has 1 atom stereocenters. The number of para-hydroxylation sites is 1. The molecule has 2 amide bonds. The van der Waals surface area contributed by atoms with Crippen LogP contribution >= 0.6 is 0 Å². The third kappa shape index (κ3) is 2.92. The molecule has 0 aliphatic carbocycles. The second kappa shape index (κ2) is 6.81. The maximum atomic E-state index is 13.3. The van der Waals surface area contributed by atoms with Crippen molar-refractivity contribution in [2.24, 2.45) is 5.73 Å². The second-order valence-corrected chi connectivity index (χ2v) is 7.45. The fraction of sp³-hybridized carbons (Fsp3) is 0.450. The van der Waals surface area contributed by atoms with Gasteiger partial charge < -0.3 is 15.2 Å². The first kappa shape index (κ1) is 17.7. The molecule has 27 heavy (non-hydrogen) atoms. The molecule has 0 saturated carbocycles. The number of hydrogen-bond acceptors (Lipinski definition) is 4. The molecule has 4 rings (SSSR count). The van der Waals surface area contributed by atoms with Crippen LogP contribution in [0.3, 0.4) is 0 Å². The minimum atomic E-state index is -0.589. The Hall–Kier alpha value is -2.67. The van der Waals surface area contributed by atoms with Crippen molar-refractivity contribution in [3.05, 3.63) is 48.0 Å². The number of imidazole rings is 1. The Morgan fingerprint density at radius 1 is 1.33 bits per heavy atom. The van der Waals surface area contributed by atoms with Gasteiger partial charge in [-0.05, 0) is 24.5 Å². The van der Waals surface area contributed by atoms with Crippen LogP contribution in [-0.4, -0.2) is 45.9 Å². The summed E-state index contributed by atoms with van der Waals surface area (Å²) in [7, 11) is 0. The van der Waals surface area contributed by atoms with Crippen LogP contribution in [0.1, 0.15) is 31.2 Å². The first-order valence-electron chi connectivity index (χ1n) is 9.47.